The van der Waals surface area contributed by atoms with Crippen molar-refractivity contribution < 1.29 is 8.42 Å². The van der Waals surface area contributed by atoms with Crippen LogP contribution in [0.3, 0.4) is 0 Å². The molecule has 0 bridgehead atoms. The Morgan fingerprint density at radius 3 is 2.62 bits per heavy atom. The van der Waals surface area contributed by atoms with Crippen LogP contribution in [0.5, 0.6) is 0 Å². The van der Waals surface area contributed by atoms with Crippen LogP contribution >= 0.6 is 0 Å². The zero-order chi connectivity index (χ0) is 10.1. The molecule has 1 aliphatic rings. The van der Waals surface area contributed by atoms with Crippen LogP contribution in [0.2, 0.25) is 0 Å². The summed E-state index contributed by atoms with van der Waals surface area (Å²) in [7, 11) is -3.54. The van der Waals surface area contributed by atoms with Crippen molar-refractivity contribution in [1.82, 2.24) is 5.32 Å². The summed E-state index contributed by atoms with van der Waals surface area (Å²) in [4.78, 5) is 0. The summed E-state index contributed by atoms with van der Waals surface area (Å²) < 4.78 is 25.3. The highest BCUT2D eigenvalue weighted by Gasteiger charge is 2.22. The second kappa shape index (κ2) is 3.47. The van der Waals surface area contributed by atoms with Gasteiger partial charge in [0.15, 0.2) is 5.03 Å². The topological polar surface area (TPSA) is 84.5 Å². The normalized spacial score (nSPS) is 20.2. The molecule has 0 aliphatic carbocycles. The molecule has 5 nitrogen and oxygen atoms in total. The number of sulfonamides is 1. The summed E-state index contributed by atoms with van der Waals surface area (Å²) in [6.07, 6.45) is 1.29. The van der Waals surface area contributed by atoms with Crippen molar-refractivity contribution in [3.05, 3.63) is 10.6 Å². The molecule has 0 aromatic carbocycles. The van der Waals surface area contributed by atoms with Gasteiger partial charge in [-0.25, -0.2) is 0 Å². The average molecular weight is 203 g/mol. The lowest BCUT2D eigenvalue weighted by atomic mass is 10.3. The van der Waals surface area contributed by atoms with Crippen LogP contribution in [-0.2, 0) is 10.0 Å². The maximum Gasteiger partial charge on any atom is 0.297 e. The Hall–Kier alpha value is -0.880. The molecule has 0 unspecified atom stereocenters. The van der Waals surface area contributed by atoms with E-state index in [9.17, 15) is 8.42 Å². The van der Waals surface area contributed by atoms with E-state index in [1.54, 1.807) is 0 Å². The first-order chi connectivity index (χ1) is 5.93. The minimum absolute atomic E-state index is 0.138. The zero-order valence-corrected chi connectivity index (χ0v) is 8.43. The van der Waals surface area contributed by atoms with E-state index in [-0.39, 0.29) is 11.1 Å². The van der Waals surface area contributed by atoms with Gasteiger partial charge in [-0.2, -0.15) is 12.8 Å². The van der Waals surface area contributed by atoms with Crippen molar-refractivity contribution in [1.29, 1.82) is 0 Å². The van der Waals surface area contributed by atoms with Crippen molar-refractivity contribution in [3.63, 3.8) is 0 Å². The lowest BCUT2D eigenvalue weighted by molar-refractivity contribution is 0.603. The second-order valence-electron chi connectivity index (χ2n) is 3.13. The first kappa shape index (κ1) is 10.2. The lowest BCUT2D eigenvalue weighted by Gasteiger charge is -2.06. The highest BCUT2D eigenvalue weighted by molar-refractivity contribution is 7.94. The minimum atomic E-state index is -3.54. The summed E-state index contributed by atoms with van der Waals surface area (Å²) in [5, 5.41) is 2.92. The number of nitrogens with one attached hydrogen (secondary N) is 1. The minimum Gasteiger partial charge on any atom is -0.388 e. The van der Waals surface area contributed by atoms with Crippen LogP contribution in [-0.4, -0.2) is 27.2 Å². The van der Waals surface area contributed by atoms with Gasteiger partial charge in [0.25, 0.3) is 10.0 Å². The zero-order valence-electron chi connectivity index (χ0n) is 7.61. The monoisotopic (exact) mass is 203 g/mol. The van der Waals surface area contributed by atoms with Gasteiger partial charge in [0, 0.05) is 24.4 Å². The highest BCUT2D eigenvalue weighted by Crippen LogP contribution is 2.13. The van der Waals surface area contributed by atoms with Gasteiger partial charge in [-0.15, -0.1) is 0 Å². The van der Waals surface area contributed by atoms with Crippen LogP contribution in [0.1, 0.15) is 13.8 Å². The number of rotatable bonds is 3. The summed E-state index contributed by atoms with van der Waals surface area (Å²) in [6, 6.07) is 0.289. The highest BCUT2D eigenvalue weighted by atomic mass is 32.2. The molecule has 1 heterocycles. The summed E-state index contributed by atoms with van der Waals surface area (Å²) in [6.45, 7) is 4.38. The van der Waals surface area contributed by atoms with E-state index >= 15 is 0 Å². The van der Waals surface area contributed by atoms with Crippen molar-refractivity contribution in [2.24, 2.45) is 10.1 Å². The van der Waals surface area contributed by atoms with Crippen molar-refractivity contribution in [3.8, 4) is 0 Å². The third-order valence-corrected chi connectivity index (χ3v) is 2.84. The smallest absolute Gasteiger partial charge is 0.297 e. The molecule has 0 fully saturated rings. The molecular weight excluding hydrogens is 190 g/mol. The van der Waals surface area contributed by atoms with Gasteiger partial charge < -0.3 is 11.1 Å². The molecule has 0 atom stereocenters. The molecule has 1 aliphatic heterocycles. The first-order valence-corrected chi connectivity index (χ1v) is 5.40. The Labute approximate surface area is 77.8 Å². The molecule has 6 heteroatoms. The lowest BCUT2D eigenvalue weighted by Crippen LogP contribution is -2.26. The van der Waals surface area contributed by atoms with E-state index in [2.05, 4.69) is 9.71 Å². The molecule has 0 amide bonds. The Morgan fingerprint density at radius 1 is 1.62 bits per heavy atom. The van der Waals surface area contributed by atoms with Crippen molar-refractivity contribution in [2.45, 2.75) is 19.9 Å². The molecule has 13 heavy (non-hydrogen) atoms. The summed E-state index contributed by atoms with van der Waals surface area (Å²) in [5.41, 5.74) is 5.91. The summed E-state index contributed by atoms with van der Waals surface area (Å²) in [5.74, 6) is 0. The third-order valence-electron chi connectivity index (χ3n) is 1.64. The number of nitrogens with two attached hydrogens (primary N) is 1. The average Bonchev–Trinajstić information content (AvgIpc) is 2.25. The van der Waals surface area contributed by atoms with Crippen LogP contribution < -0.4 is 11.1 Å². The largest absolute Gasteiger partial charge is 0.388 e. The van der Waals surface area contributed by atoms with Gasteiger partial charge in [-0.1, -0.05) is 13.8 Å². The van der Waals surface area contributed by atoms with Crippen LogP contribution in [0.15, 0.2) is 15.0 Å². The van der Waals surface area contributed by atoms with Gasteiger partial charge in [-0.05, 0) is 0 Å². The quantitative estimate of drug-likeness (QED) is 0.651. The van der Waals surface area contributed by atoms with Gasteiger partial charge in [-0.3, -0.25) is 0 Å². The summed E-state index contributed by atoms with van der Waals surface area (Å²) >= 11 is 0. The van der Waals surface area contributed by atoms with E-state index in [4.69, 9.17) is 5.73 Å². The van der Waals surface area contributed by atoms with Crippen LogP contribution in [0.4, 0.5) is 0 Å². The second-order valence-corrected chi connectivity index (χ2v) is 4.74. The Morgan fingerprint density at radius 2 is 2.23 bits per heavy atom. The molecular formula is C7H13N3O2S. The molecule has 0 radical (unpaired) electrons. The van der Waals surface area contributed by atoms with Gasteiger partial charge in [0.05, 0.1) is 0 Å². The Balaban J connectivity index is 2.73. The van der Waals surface area contributed by atoms with Crippen molar-refractivity contribution >= 4 is 16.2 Å². The van der Waals surface area contributed by atoms with Crippen molar-refractivity contribution in [2.75, 3.05) is 6.54 Å². The first-order valence-electron chi connectivity index (χ1n) is 3.96. The maximum absolute atomic E-state index is 11.0. The van der Waals surface area contributed by atoms with E-state index < -0.39 is 10.0 Å². The molecule has 0 saturated heterocycles. The fraction of sp³-hybridized carbons (Fsp3) is 0.571. The van der Waals surface area contributed by atoms with E-state index in [1.165, 1.54) is 6.21 Å². The standard InChI is InChI=1S/C7H13N3O2S/c1-5(2)9-3-6-4-10-13(11,12)7(6)8/h4-5,9H,3,8H2,1-2H3. The Kier molecular flexibility index (Phi) is 2.72. The van der Waals surface area contributed by atoms with E-state index in [0.29, 0.717) is 12.1 Å². The fourth-order valence-electron chi connectivity index (χ4n) is 0.866. The SMILES string of the molecule is CC(C)NCC1=C(N)S(=O)(=O)N=C1. The number of hydrogen-bond acceptors (Lipinski definition) is 4. The van der Waals surface area contributed by atoms with Gasteiger partial charge in [0.1, 0.15) is 0 Å². The Bertz CT molecular complexity index is 354. The van der Waals surface area contributed by atoms with E-state index in [0.717, 1.165) is 0 Å². The fourth-order valence-corrected chi connectivity index (χ4v) is 1.70. The molecule has 0 saturated carbocycles. The van der Waals surface area contributed by atoms with Crippen LogP contribution in [0.25, 0.3) is 0 Å². The molecule has 0 spiro atoms. The van der Waals surface area contributed by atoms with Crippen LogP contribution in [0, 0.1) is 0 Å². The number of nitrogens with zero attached hydrogens (tertiary/aromatic N) is 1. The molecule has 0 aromatic heterocycles. The maximum atomic E-state index is 11.0. The number of hydrogen-bond donors (Lipinski definition) is 2. The molecule has 1 rings (SSSR count). The van der Waals surface area contributed by atoms with E-state index in [1.807, 2.05) is 13.8 Å². The molecule has 3 N–H and O–H groups in total. The predicted octanol–water partition coefficient (Wildman–Crippen LogP) is -0.431. The predicted molar refractivity (Wildman–Crippen MR) is 51.8 cm³/mol. The van der Waals surface area contributed by atoms with Gasteiger partial charge in [0.2, 0.25) is 0 Å². The molecule has 0 aromatic rings. The van der Waals surface area contributed by atoms with Gasteiger partial charge >= 0.3 is 0 Å². The molecule has 74 valence electrons. The third kappa shape index (κ3) is 2.28.